The molecule has 5 nitrogen and oxygen atoms in total. The number of hydrogen-bond donors (Lipinski definition) is 2. The predicted molar refractivity (Wildman–Crippen MR) is 86.9 cm³/mol. The van der Waals surface area contributed by atoms with Crippen molar-refractivity contribution in [1.29, 1.82) is 0 Å². The monoisotopic (exact) mass is 351 g/mol. The molecule has 1 heterocycles. The number of pyridine rings is 1. The second-order valence-electron chi connectivity index (χ2n) is 5.29. The number of nitrogens with zero attached hydrogens (tertiary/aromatic N) is 1. The average Bonchev–Trinajstić information content (AvgIpc) is 2.57. The van der Waals surface area contributed by atoms with Gasteiger partial charge in [0, 0.05) is 30.2 Å². The largest absolute Gasteiger partial charge is 0.471 e. The van der Waals surface area contributed by atoms with Crippen molar-refractivity contribution < 1.29 is 22.8 Å². The van der Waals surface area contributed by atoms with Crippen LogP contribution in [0, 0.1) is 0 Å². The Morgan fingerprint density at radius 1 is 1.00 bits per heavy atom. The number of alkyl halides is 3. The highest BCUT2D eigenvalue weighted by molar-refractivity contribution is 5.95. The van der Waals surface area contributed by atoms with Gasteiger partial charge in [-0.2, -0.15) is 13.2 Å². The minimum Gasteiger partial charge on any atom is -0.326 e. The molecule has 0 unspecified atom stereocenters. The van der Waals surface area contributed by atoms with Gasteiger partial charge >= 0.3 is 12.1 Å². The van der Waals surface area contributed by atoms with Gasteiger partial charge in [0.1, 0.15) is 0 Å². The van der Waals surface area contributed by atoms with E-state index < -0.39 is 12.1 Å². The van der Waals surface area contributed by atoms with Crippen molar-refractivity contribution in [2.75, 3.05) is 10.6 Å². The van der Waals surface area contributed by atoms with Crippen LogP contribution in [0.15, 0.2) is 48.8 Å². The third-order valence-electron chi connectivity index (χ3n) is 3.28. The van der Waals surface area contributed by atoms with E-state index in [1.54, 1.807) is 17.7 Å². The van der Waals surface area contributed by atoms with Crippen molar-refractivity contribution in [3.63, 3.8) is 0 Å². The van der Waals surface area contributed by atoms with Gasteiger partial charge < -0.3 is 10.6 Å². The summed E-state index contributed by atoms with van der Waals surface area (Å²) in [5.41, 5.74) is 1.48. The summed E-state index contributed by atoms with van der Waals surface area (Å²) >= 11 is 0. The highest BCUT2D eigenvalue weighted by atomic mass is 19.4. The molecule has 0 spiro atoms. The SMILES string of the molecule is O=C(CCCc1cccnc1)Nc1ccc(NC(=O)C(F)(F)F)cc1. The number of carbonyl (C=O) groups is 2. The molecular weight excluding hydrogens is 335 g/mol. The number of rotatable bonds is 6. The topological polar surface area (TPSA) is 71.1 Å². The van der Waals surface area contributed by atoms with Crippen LogP contribution in [0.25, 0.3) is 0 Å². The highest BCUT2D eigenvalue weighted by Crippen LogP contribution is 2.19. The summed E-state index contributed by atoms with van der Waals surface area (Å²) in [5, 5.41) is 4.38. The second kappa shape index (κ2) is 8.27. The van der Waals surface area contributed by atoms with Gasteiger partial charge in [-0.1, -0.05) is 6.07 Å². The lowest BCUT2D eigenvalue weighted by Gasteiger charge is -2.09. The Morgan fingerprint density at radius 2 is 1.64 bits per heavy atom. The van der Waals surface area contributed by atoms with Crippen molar-refractivity contribution in [2.24, 2.45) is 0 Å². The highest BCUT2D eigenvalue weighted by Gasteiger charge is 2.38. The number of aryl methyl sites for hydroxylation is 1. The fourth-order valence-electron chi connectivity index (χ4n) is 2.06. The molecule has 0 radical (unpaired) electrons. The molecule has 0 saturated carbocycles. The maximum Gasteiger partial charge on any atom is 0.471 e. The lowest BCUT2D eigenvalue weighted by atomic mass is 10.1. The van der Waals surface area contributed by atoms with Gasteiger partial charge in [0.15, 0.2) is 0 Å². The number of carbonyl (C=O) groups excluding carboxylic acids is 2. The molecule has 0 bridgehead atoms. The molecule has 0 saturated heterocycles. The van der Waals surface area contributed by atoms with Crippen molar-refractivity contribution in [2.45, 2.75) is 25.4 Å². The van der Waals surface area contributed by atoms with Crippen molar-refractivity contribution >= 4 is 23.2 Å². The number of nitrogens with one attached hydrogen (secondary N) is 2. The van der Waals surface area contributed by atoms with Crippen LogP contribution in [-0.4, -0.2) is 23.0 Å². The van der Waals surface area contributed by atoms with Crippen molar-refractivity contribution in [3.8, 4) is 0 Å². The number of benzene rings is 1. The lowest BCUT2D eigenvalue weighted by Crippen LogP contribution is -2.29. The van der Waals surface area contributed by atoms with E-state index in [2.05, 4.69) is 10.3 Å². The van der Waals surface area contributed by atoms with Crippen molar-refractivity contribution in [1.82, 2.24) is 4.98 Å². The smallest absolute Gasteiger partial charge is 0.326 e. The van der Waals surface area contributed by atoms with Crippen LogP contribution in [0.1, 0.15) is 18.4 Å². The van der Waals surface area contributed by atoms with E-state index in [1.807, 2.05) is 12.1 Å². The van der Waals surface area contributed by atoms with E-state index in [0.717, 1.165) is 12.0 Å². The quantitative estimate of drug-likeness (QED) is 0.836. The number of amides is 2. The van der Waals surface area contributed by atoms with Crippen LogP contribution in [0.2, 0.25) is 0 Å². The molecule has 0 aliphatic rings. The lowest BCUT2D eigenvalue weighted by molar-refractivity contribution is -0.167. The Balaban J connectivity index is 1.78. The van der Waals surface area contributed by atoms with Crippen LogP contribution >= 0.6 is 0 Å². The maximum atomic E-state index is 12.2. The van der Waals surface area contributed by atoms with Crippen LogP contribution in [0.3, 0.4) is 0 Å². The third-order valence-corrected chi connectivity index (χ3v) is 3.28. The fourth-order valence-corrected chi connectivity index (χ4v) is 2.06. The van der Waals surface area contributed by atoms with E-state index in [-0.39, 0.29) is 11.6 Å². The maximum absolute atomic E-state index is 12.2. The van der Waals surface area contributed by atoms with Gasteiger partial charge in [0.05, 0.1) is 0 Å². The van der Waals surface area contributed by atoms with Gasteiger partial charge in [-0.05, 0) is 48.7 Å². The Labute approximate surface area is 142 Å². The van der Waals surface area contributed by atoms with Gasteiger partial charge in [-0.3, -0.25) is 14.6 Å². The zero-order valence-electron chi connectivity index (χ0n) is 13.1. The molecule has 2 N–H and O–H groups in total. The van der Waals surface area contributed by atoms with Gasteiger partial charge in [0.2, 0.25) is 5.91 Å². The summed E-state index contributed by atoms with van der Waals surface area (Å²) in [7, 11) is 0. The first kappa shape index (κ1) is 18.4. The fraction of sp³-hybridized carbons (Fsp3) is 0.235. The number of anilines is 2. The van der Waals surface area contributed by atoms with Crippen molar-refractivity contribution in [3.05, 3.63) is 54.4 Å². The second-order valence-corrected chi connectivity index (χ2v) is 5.29. The first-order valence-electron chi connectivity index (χ1n) is 7.51. The molecule has 2 aromatic rings. The molecule has 1 aromatic carbocycles. The summed E-state index contributed by atoms with van der Waals surface area (Å²) in [6.45, 7) is 0. The van der Waals surface area contributed by atoms with Gasteiger partial charge in [0.25, 0.3) is 0 Å². The molecule has 2 rings (SSSR count). The zero-order valence-corrected chi connectivity index (χ0v) is 13.1. The Bertz CT molecular complexity index is 716. The normalized spacial score (nSPS) is 11.0. The Morgan fingerprint density at radius 3 is 2.20 bits per heavy atom. The number of hydrogen-bond acceptors (Lipinski definition) is 3. The van der Waals surface area contributed by atoms with E-state index >= 15 is 0 Å². The van der Waals surface area contributed by atoms with E-state index in [4.69, 9.17) is 0 Å². The summed E-state index contributed by atoms with van der Waals surface area (Å²) < 4.78 is 36.5. The van der Waals surface area contributed by atoms with E-state index in [9.17, 15) is 22.8 Å². The minimum absolute atomic E-state index is 0.00287. The third kappa shape index (κ3) is 6.25. The summed E-state index contributed by atoms with van der Waals surface area (Å²) in [4.78, 5) is 26.7. The van der Waals surface area contributed by atoms with Crippen LogP contribution in [-0.2, 0) is 16.0 Å². The number of aromatic nitrogens is 1. The Kier molecular flexibility index (Phi) is 6.10. The molecule has 1 aromatic heterocycles. The molecule has 25 heavy (non-hydrogen) atoms. The first-order valence-corrected chi connectivity index (χ1v) is 7.51. The molecule has 0 atom stereocenters. The molecular formula is C17H16F3N3O2. The van der Waals surface area contributed by atoms with Crippen LogP contribution in [0.5, 0.6) is 0 Å². The molecule has 0 aliphatic carbocycles. The van der Waals surface area contributed by atoms with Gasteiger partial charge in [-0.15, -0.1) is 0 Å². The van der Waals surface area contributed by atoms with Crippen LogP contribution in [0.4, 0.5) is 24.5 Å². The molecule has 0 aliphatic heterocycles. The minimum atomic E-state index is -4.94. The van der Waals surface area contributed by atoms with Gasteiger partial charge in [-0.25, -0.2) is 0 Å². The summed E-state index contributed by atoms with van der Waals surface area (Å²) in [6, 6.07) is 9.17. The van der Waals surface area contributed by atoms with E-state index in [1.165, 1.54) is 24.3 Å². The predicted octanol–water partition coefficient (Wildman–Crippen LogP) is 3.54. The molecule has 132 valence electrons. The summed E-state index contributed by atoms with van der Waals surface area (Å²) in [6.07, 6.45) is 0.159. The molecule has 2 amide bonds. The van der Waals surface area contributed by atoms with Crippen LogP contribution < -0.4 is 10.6 Å². The Hall–Kier alpha value is -2.90. The zero-order chi connectivity index (χ0) is 18.3. The standard InChI is InChI=1S/C17H16F3N3O2/c18-17(19,20)16(25)23-14-8-6-13(7-9-14)22-15(24)5-1-3-12-4-2-10-21-11-12/h2,4,6-11H,1,3,5H2,(H,22,24)(H,23,25). The average molecular weight is 351 g/mol. The number of halogens is 3. The molecule has 8 heteroatoms. The molecule has 0 fully saturated rings. The summed E-state index contributed by atoms with van der Waals surface area (Å²) in [5.74, 6) is -2.24. The van der Waals surface area contributed by atoms with E-state index in [0.29, 0.717) is 18.5 Å². The first-order chi connectivity index (χ1) is 11.8.